The zero-order valence-electron chi connectivity index (χ0n) is 18.5. The molecule has 0 spiro atoms. The maximum Gasteiger partial charge on any atom is 0.322 e. The second kappa shape index (κ2) is 8.89. The predicted octanol–water partition coefficient (Wildman–Crippen LogP) is 5.24. The first-order chi connectivity index (χ1) is 15.9. The van der Waals surface area contributed by atoms with Crippen molar-refractivity contribution in [3.05, 3.63) is 41.5 Å². The molecule has 5 rings (SSSR count). The van der Waals surface area contributed by atoms with E-state index < -0.39 is 12.2 Å². The molecule has 0 saturated carbocycles. The van der Waals surface area contributed by atoms with E-state index in [1.807, 2.05) is 13.1 Å². The zero-order valence-corrected chi connectivity index (χ0v) is 18.5. The van der Waals surface area contributed by atoms with E-state index >= 15 is 0 Å². The third-order valence-electron chi connectivity index (χ3n) is 6.93. The summed E-state index contributed by atoms with van der Waals surface area (Å²) < 4.78 is 48.9. The molecule has 2 aromatic rings. The van der Waals surface area contributed by atoms with Crippen LogP contribution in [0, 0.1) is 5.82 Å². The lowest BCUT2D eigenvalue weighted by Gasteiger charge is -2.43. The number of fused-ring (bicyclic) bond motifs is 1. The Hall–Kier alpha value is -2.75. The van der Waals surface area contributed by atoms with Crippen LogP contribution in [-0.4, -0.2) is 46.4 Å². The van der Waals surface area contributed by atoms with Gasteiger partial charge in [0.15, 0.2) is 0 Å². The number of halogens is 3. The number of nitrogens with one attached hydrogen (secondary N) is 1. The molecule has 2 fully saturated rings. The van der Waals surface area contributed by atoms with E-state index in [-0.39, 0.29) is 35.6 Å². The second-order valence-corrected chi connectivity index (χ2v) is 8.94. The van der Waals surface area contributed by atoms with Crippen molar-refractivity contribution in [2.75, 3.05) is 29.9 Å². The van der Waals surface area contributed by atoms with Crippen molar-refractivity contribution in [2.45, 2.75) is 63.8 Å². The quantitative estimate of drug-likeness (QED) is 0.674. The van der Waals surface area contributed by atoms with Crippen molar-refractivity contribution in [1.82, 2.24) is 14.7 Å². The Morgan fingerprint density at radius 3 is 2.67 bits per heavy atom. The molecule has 1 aromatic carbocycles. The fraction of sp³-hybridized carbons (Fsp3) is 0.565. The van der Waals surface area contributed by atoms with Gasteiger partial charge in [-0.3, -0.25) is 0 Å². The van der Waals surface area contributed by atoms with E-state index in [4.69, 9.17) is 9.84 Å². The van der Waals surface area contributed by atoms with Gasteiger partial charge in [-0.15, -0.1) is 0 Å². The van der Waals surface area contributed by atoms with Crippen molar-refractivity contribution in [3.8, 4) is 0 Å². The van der Waals surface area contributed by atoms with Crippen molar-refractivity contribution in [2.24, 2.45) is 0 Å². The van der Waals surface area contributed by atoms with E-state index in [9.17, 15) is 18.0 Å². The molecule has 2 saturated heterocycles. The normalized spacial score (nSPS) is 24.2. The number of carbonyl (C=O) groups is 1. The molecule has 1 N–H and O–H groups in total. The van der Waals surface area contributed by atoms with Crippen LogP contribution >= 0.6 is 0 Å². The summed E-state index contributed by atoms with van der Waals surface area (Å²) in [6, 6.07) is 3.26. The number of para-hydroxylation sites is 1. The SMILES string of the molecule is CC1c2nn(C3CCCCO3)cc2NC(=O)N1C1CCN(c2c(F)cccc2C(F)F)CC1. The van der Waals surface area contributed by atoms with Gasteiger partial charge < -0.3 is 19.9 Å². The smallest absolute Gasteiger partial charge is 0.322 e. The molecule has 4 heterocycles. The van der Waals surface area contributed by atoms with Crippen LogP contribution in [0.25, 0.3) is 0 Å². The number of aromatic nitrogens is 2. The standard InChI is InChI=1S/C23H28F3N5O2/c1-14-20-18(13-30(28-20)19-7-2-3-12-33-19)27-23(32)31(14)15-8-10-29(11-9-15)21-16(22(25)26)5-4-6-17(21)24/h4-6,13-15,19,22H,2-3,7-12H2,1H3,(H,27,32). The topological polar surface area (TPSA) is 62.6 Å². The lowest BCUT2D eigenvalue weighted by atomic mass is 9.98. The van der Waals surface area contributed by atoms with Crippen LogP contribution < -0.4 is 10.2 Å². The summed E-state index contributed by atoms with van der Waals surface area (Å²) in [5.74, 6) is -0.643. The van der Waals surface area contributed by atoms with Crippen LogP contribution in [0.1, 0.15) is 69.0 Å². The Bertz CT molecular complexity index is 1020. The number of ether oxygens (including phenoxy) is 1. The number of carbonyl (C=O) groups excluding carboxylic acids is 1. The maximum absolute atomic E-state index is 14.4. The van der Waals surface area contributed by atoms with Crippen molar-refractivity contribution < 1.29 is 22.7 Å². The van der Waals surface area contributed by atoms with Gasteiger partial charge in [0, 0.05) is 31.3 Å². The molecular formula is C23H28F3N5O2. The lowest BCUT2D eigenvalue weighted by Crippen LogP contribution is -2.51. The lowest BCUT2D eigenvalue weighted by molar-refractivity contribution is -0.0398. The second-order valence-electron chi connectivity index (χ2n) is 8.94. The molecule has 178 valence electrons. The summed E-state index contributed by atoms with van der Waals surface area (Å²) in [5.41, 5.74) is 1.16. The van der Waals surface area contributed by atoms with Gasteiger partial charge >= 0.3 is 6.03 Å². The van der Waals surface area contributed by atoms with Gasteiger partial charge in [0.05, 0.1) is 23.6 Å². The average Bonchev–Trinajstić information content (AvgIpc) is 3.24. The molecule has 2 unspecified atom stereocenters. The zero-order chi connectivity index (χ0) is 23.1. The molecule has 3 aliphatic heterocycles. The monoisotopic (exact) mass is 463 g/mol. The number of benzene rings is 1. The molecule has 0 aliphatic carbocycles. The molecule has 1 aromatic heterocycles. The first kappa shape index (κ1) is 22.1. The van der Waals surface area contributed by atoms with Crippen LogP contribution in [0.3, 0.4) is 0 Å². The van der Waals surface area contributed by atoms with E-state index in [0.29, 0.717) is 38.2 Å². The molecule has 7 nitrogen and oxygen atoms in total. The molecular weight excluding hydrogens is 435 g/mol. The minimum Gasteiger partial charge on any atom is -0.369 e. The Balaban J connectivity index is 1.31. The summed E-state index contributed by atoms with van der Waals surface area (Å²) in [5, 5.41) is 7.68. The highest BCUT2D eigenvalue weighted by atomic mass is 19.3. The first-order valence-corrected chi connectivity index (χ1v) is 11.6. The predicted molar refractivity (Wildman–Crippen MR) is 117 cm³/mol. The Kier molecular flexibility index (Phi) is 5.94. The number of anilines is 2. The summed E-state index contributed by atoms with van der Waals surface area (Å²) >= 11 is 0. The third-order valence-corrected chi connectivity index (χ3v) is 6.93. The number of amides is 2. The average molecular weight is 464 g/mol. The minimum absolute atomic E-state index is 0.0318. The maximum atomic E-state index is 14.4. The summed E-state index contributed by atoms with van der Waals surface area (Å²) in [4.78, 5) is 16.4. The Labute approximate surface area is 190 Å². The number of hydrogen-bond donors (Lipinski definition) is 1. The van der Waals surface area contributed by atoms with Crippen LogP contribution in [0.2, 0.25) is 0 Å². The van der Waals surface area contributed by atoms with E-state index in [2.05, 4.69) is 5.32 Å². The molecule has 0 bridgehead atoms. The first-order valence-electron chi connectivity index (χ1n) is 11.6. The number of urea groups is 1. The van der Waals surface area contributed by atoms with E-state index in [0.717, 1.165) is 25.0 Å². The van der Waals surface area contributed by atoms with Crippen molar-refractivity contribution >= 4 is 17.4 Å². The number of piperidine rings is 1. The van der Waals surface area contributed by atoms with Crippen LogP contribution in [0.15, 0.2) is 24.4 Å². The molecule has 33 heavy (non-hydrogen) atoms. The van der Waals surface area contributed by atoms with Gasteiger partial charge in [-0.1, -0.05) is 12.1 Å². The summed E-state index contributed by atoms with van der Waals surface area (Å²) in [6.07, 6.45) is 3.09. The van der Waals surface area contributed by atoms with Crippen molar-refractivity contribution in [3.63, 3.8) is 0 Å². The molecule has 3 aliphatic rings. The Morgan fingerprint density at radius 1 is 1.18 bits per heavy atom. The van der Waals surface area contributed by atoms with Gasteiger partial charge in [-0.05, 0) is 45.1 Å². The molecule has 2 atom stereocenters. The van der Waals surface area contributed by atoms with Gasteiger partial charge in [0.25, 0.3) is 6.43 Å². The van der Waals surface area contributed by atoms with Gasteiger partial charge in [0.1, 0.15) is 17.7 Å². The number of hydrogen-bond acceptors (Lipinski definition) is 4. The molecule has 2 amide bonds. The van der Waals surface area contributed by atoms with Crippen molar-refractivity contribution in [1.29, 1.82) is 0 Å². The fourth-order valence-corrected chi connectivity index (χ4v) is 5.27. The third kappa shape index (κ3) is 4.05. The van der Waals surface area contributed by atoms with E-state index in [1.165, 1.54) is 18.2 Å². The molecule has 10 heteroatoms. The number of nitrogens with zero attached hydrogens (tertiary/aromatic N) is 4. The van der Waals surface area contributed by atoms with Gasteiger partial charge in [0.2, 0.25) is 0 Å². The summed E-state index contributed by atoms with van der Waals surface area (Å²) in [6.45, 7) is 3.43. The van der Waals surface area contributed by atoms with Crippen LogP contribution in [-0.2, 0) is 4.74 Å². The van der Waals surface area contributed by atoms with Gasteiger partial charge in [-0.2, -0.15) is 5.10 Å². The largest absolute Gasteiger partial charge is 0.369 e. The van der Waals surface area contributed by atoms with Crippen LogP contribution in [0.5, 0.6) is 0 Å². The highest BCUT2D eigenvalue weighted by molar-refractivity contribution is 5.92. The van der Waals surface area contributed by atoms with Gasteiger partial charge in [-0.25, -0.2) is 22.6 Å². The molecule has 0 radical (unpaired) electrons. The Morgan fingerprint density at radius 2 is 1.97 bits per heavy atom. The highest BCUT2D eigenvalue weighted by Crippen LogP contribution is 2.39. The van der Waals surface area contributed by atoms with Crippen LogP contribution in [0.4, 0.5) is 29.3 Å². The van der Waals surface area contributed by atoms with E-state index in [1.54, 1.807) is 14.5 Å². The summed E-state index contributed by atoms with van der Waals surface area (Å²) in [7, 11) is 0. The fourth-order valence-electron chi connectivity index (χ4n) is 5.27. The number of alkyl halides is 2. The minimum atomic E-state index is -2.75. The number of rotatable bonds is 4. The highest BCUT2D eigenvalue weighted by Gasteiger charge is 2.39.